The smallest absolute Gasteiger partial charge is 0.0803 e. The summed E-state index contributed by atoms with van der Waals surface area (Å²) in [6.07, 6.45) is 21.5. The Hall–Kier alpha value is -0.300. The Morgan fingerprint density at radius 3 is 1.41 bits per heavy atom. The Morgan fingerprint density at radius 1 is 0.682 bits per heavy atom. The highest BCUT2D eigenvalue weighted by atomic mass is 16.5. The van der Waals surface area contributed by atoms with Crippen LogP contribution in [0.4, 0.5) is 0 Å². The molecular weight excluding hydrogens is 268 g/mol. The minimum Gasteiger partial charge on any atom is -0.372 e. The lowest BCUT2D eigenvalue weighted by Gasteiger charge is -2.20. The molecule has 0 saturated heterocycles. The van der Waals surface area contributed by atoms with Crippen LogP contribution in [0.15, 0.2) is 12.7 Å². The van der Waals surface area contributed by atoms with E-state index >= 15 is 0 Å². The van der Waals surface area contributed by atoms with E-state index in [1.807, 2.05) is 6.08 Å². The molecule has 0 N–H and O–H groups in total. The molecule has 0 atom stereocenters. The van der Waals surface area contributed by atoms with Gasteiger partial charge in [-0.15, -0.1) is 6.58 Å². The molecule has 0 spiro atoms. The average molecular weight is 311 g/mol. The zero-order valence-corrected chi connectivity index (χ0v) is 15.8. The van der Waals surface area contributed by atoms with Gasteiger partial charge in [-0.1, -0.05) is 96.5 Å². The highest BCUT2D eigenvalue weighted by Gasteiger charge is 2.11. The fourth-order valence-corrected chi connectivity index (χ4v) is 2.69. The van der Waals surface area contributed by atoms with E-state index in [1.54, 1.807) is 0 Å². The molecule has 0 unspecified atom stereocenters. The van der Waals surface area contributed by atoms with Crippen LogP contribution in [0.25, 0.3) is 0 Å². The molecule has 0 aromatic rings. The molecule has 0 rings (SSSR count). The first kappa shape index (κ1) is 21.7. The Balaban J connectivity index is 3.07. The normalized spacial score (nSPS) is 11.8. The van der Waals surface area contributed by atoms with Crippen molar-refractivity contribution in [2.24, 2.45) is 0 Å². The summed E-state index contributed by atoms with van der Waals surface area (Å²) >= 11 is 0. The first-order valence-corrected chi connectivity index (χ1v) is 9.90. The maximum atomic E-state index is 5.77. The van der Waals surface area contributed by atoms with Crippen molar-refractivity contribution in [3.8, 4) is 0 Å². The van der Waals surface area contributed by atoms with Gasteiger partial charge < -0.3 is 4.74 Å². The van der Waals surface area contributed by atoms with Gasteiger partial charge in [0.25, 0.3) is 0 Å². The Labute approximate surface area is 140 Å². The maximum absolute atomic E-state index is 5.77. The van der Waals surface area contributed by atoms with E-state index in [2.05, 4.69) is 27.4 Å². The summed E-state index contributed by atoms with van der Waals surface area (Å²) in [5, 5.41) is 0. The number of ether oxygens (including phenoxy) is 1. The van der Waals surface area contributed by atoms with E-state index in [4.69, 9.17) is 4.74 Å². The molecule has 0 aliphatic rings. The first-order chi connectivity index (χ1) is 10.6. The summed E-state index contributed by atoms with van der Waals surface area (Å²) in [5.74, 6) is 0. The fourth-order valence-electron chi connectivity index (χ4n) is 2.69. The Kier molecular flexibility index (Phi) is 15.4. The van der Waals surface area contributed by atoms with Crippen LogP contribution >= 0.6 is 0 Å². The van der Waals surface area contributed by atoms with Crippen LogP contribution in [0.2, 0.25) is 0 Å². The van der Waals surface area contributed by atoms with E-state index in [9.17, 15) is 0 Å². The van der Waals surface area contributed by atoms with Crippen molar-refractivity contribution < 1.29 is 4.74 Å². The molecule has 132 valence electrons. The minimum atomic E-state index is -0.156. The van der Waals surface area contributed by atoms with Crippen molar-refractivity contribution in [2.45, 2.75) is 116 Å². The molecule has 1 heteroatoms. The molecule has 0 aromatic heterocycles. The van der Waals surface area contributed by atoms with E-state index in [0.29, 0.717) is 0 Å². The molecule has 0 amide bonds. The Morgan fingerprint density at radius 2 is 1.05 bits per heavy atom. The van der Waals surface area contributed by atoms with Gasteiger partial charge in [-0.05, 0) is 20.3 Å². The molecular formula is C21H42O. The van der Waals surface area contributed by atoms with Gasteiger partial charge in [0.15, 0.2) is 0 Å². The molecule has 0 fully saturated rings. The molecule has 0 heterocycles. The SMILES string of the molecule is C=CC(C)(C)OCCCCCCCCCCCCCCCC. The number of unbranched alkanes of at least 4 members (excludes halogenated alkanes) is 13. The summed E-state index contributed by atoms with van der Waals surface area (Å²) in [6, 6.07) is 0. The topological polar surface area (TPSA) is 9.23 Å². The lowest BCUT2D eigenvalue weighted by molar-refractivity contribution is 0.0176. The third-order valence-corrected chi connectivity index (χ3v) is 4.46. The third-order valence-electron chi connectivity index (χ3n) is 4.46. The molecule has 0 aliphatic heterocycles. The Bertz CT molecular complexity index is 232. The summed E-state index contributed by atoms with van der Waals surface area (Å²) in [6.45, 7) is 11.1. The van der Waals surface area contributed by atoms with Gasteiger partial charge in [-0.25, -0.2) is 0 Å². The number of rotatable bonds is 17. The summed E-state index contributed by atoms with van der Waals surface area (Å²) < 4.78 is 5.77. The third kappa shape index (κ3) is 16.1. The summed E-state index contributed by atoms with van der Waals surface area (Å²) in [7, 11) is 0. The van der Waals surface area contributed by atoms with Gasteiger partial charge in [0.2, 0.25) is 0 Å². The van der Waals surface area contributed by atoms with E-state index in [0.717, 1.165) is 6.61 Å². The van der Waals surface area contributed by atoms with Crippen LogP contribution in [0.1, 0.15) is 111 Å². The van der Waals surface area contributed by atoms with Crippen molar-refractivity contribution in [1.82, 2.24) is 0 Å². The quantitative estimate of drug-likeness (QED) is 0.200. The predicted molar refractivity (Wildman–Crippen MR) is 101 cm³/mol. The van der Waals surface area contributed by atoms with Crippen molar-refractivity contribution >= 4 is 0 Å². The van der Waals surface area contributed by atoms with Crippen LogP contribution in [0, 0.1) is 0 Å². The van der Waals surface area contributed by atoms with Gasteiger partial charge in [-0.2, -0.15) is 0 Å². The monoisotopic (exact) mass is 310 g/mol. The van der Waals surface area contributed by atoms with Crippen LogP contribution in [-0.2, 0) is 4.74 Å². The van der Waals surface area contributed by atoms with Crippen molar-refractivity contribution in [3.63, 3.8) is 0 Å². The standard InChI is InChI=1S/C21H42O/c1-5-7-8-9-10-11-12-13-14-15-16-17-18-19-20-22-21(3,4)6-2/h6H,2,5,7-20H2,1,3-4H3. The predicted octanol–water partition coefficient (Wildman–Crippen LogP) is 7.45. The van der Waals surface area contributed by atoms with Crippen molar-refractivity contribution in [3.05, 3.63) is 12.7 Å². The molecule has 1 nitrogen and oxygen atoms in total. The van der Waals surface area contributed by atoms with Gasteiger partial charge in [-0.3, -0.25) is 0 Å². The fraction of sp³-hybridized carbons (Fsp3) is 0.905. The molecule has 22 heavy (non-hydrogen) atoms. The largest absolute Gasteiger partial charge is 0.372 e. The van der Waals surface area contributed by atoms with E-state index < -0.39 is 0 Å². The number of hydrogen-bond acceptors (Lipinski definition) is 1. The lowest BCUT2D eigenvalue weighted by atomic mass is 10.0. The zero-order valence-electron chi connectivity index (χ0n) is 15.8. The van der Waals surface area contributed by atoms with Crippen LogP contribution in [0.5, 0.6) is 0 Å². The molecule has 0 aromatic carbocycles. The zero-order chi connectivity index (χ0) is 16.5. The lowest BCUT2D eigenvalue weighted by Crippen LogP contribution is -2.21. The summed E-state index contributed by atoms with van der Waals surface area (Å²) in [5.41, 5.74) is -0.156. The van der Waals surface area contributed by atoms with Crippen molar-refractivity contribution in [1.29, 1.82) is 0 Å². The van der Waals surface area contributed by atoms with Gasteiger partial charge in [0.1, 0.15) is 0 Å². The average Bonchev–Trinajstić information content (AvgIpc) is 2.51. The van der Waals surface area contributed by atoms with Crippen LogP contribution in [-0.4, -0.2) is 12.2 Å². The van der Waals surface area contributed by atoms with Gasteiger partial charge >= 0.3 is 0 Å². The second-order valence-corrected chi connectivity index (χ2v) is 7.25. The van der Waals surface area contributed by atoms with Crippen LogP contribution in [0.3, 0.4) is 0 Å². The second kappa shape index (κ2) is 15.6. The molecule has 0 saturated carbocycles. The highest BCUT2D eigenvalue weighted by Crippen LogP contribution is 2.14. The molecule has 0 bridgehead atoms. The van der Waals surface area contributed by atoms with Crippen molar-refractivity contribution in [2.75, 3.05) is 6.61 Å². The first-order valence-electron chi connectivity index (χ1n) is 9.90. The molecule has 0 aliphatic carbocycles. The van der Waals surface area contributed by atoms with Crippen LogP contribution < -0.4 is 0 Å². The number of hydrogen-bond donors (Lipinski definition) is 0. The molecule has 0 radical (unpaired) electrons. The summed E-state index contributed by atoms with van der Waals surface area (Å²) in [4.78, 5) is 0. The second-order valence-electron chi connectivity index (χ2n) is 7.25. The van der Waals surface area contributed by atoms with E-state index in [-0.39, 0.29) is 5.60 Å². The highest BCUT2D eigenvalue weighted by molar-refractivity contribution is 4.89. The maximum Gasteiger partial charge on any atom is 0.0803 e. The van der Waals surface area contributed by atoms with Gasteiger partial charge in [0.05, 0.1) is 5.60 Å². The van der Waals surface area contributed by atoms with Gasteiger partial charge in [0, 0.05) is 6.61 Å². The minimum absolute atomic E-state index is 0.156. The van der Waals surface area contributed by atoms with E-state index in [1.165, 1.54) is 89.9 Å².